The van der Waals surface area contributed by atoms with Gasteiger partial charge in [0.05, 0.1) is 18.8 Å². The number of hydrogen-bond donors (Lipinski definition) is 1. The van der Waals surface area contributed by atoms with E-state index in [0.29, 0.717) is 18.1 Å². The monoisotopic (exact) mass is 243 g/mol. The number of hydrogen-bond acceptors (Lipinski definition) is 3. The third-order valence-corrected chi connectivity index (χ3v) is 3.29. The van der Waals surface area contributed by atoms with E-state index in [1.165, 1.54) is 19.3 Å². The molecule has 0 aromatic carbocycles. The van der Waals surface area contributed by atoms with E-state index >= 15 is 0 Å². The fraction of sp³-hybridized carbons (Fsp3) is 1.00. The van der Waals surface area contributed by atoms with Crippen molar-refractivity contribution in [2.24, 2.45) is 5.92 Å². The highest BCUT2D eigenvalue weighted by Crippen LogP contribution is 2.15. The number of rotatable bonds is 8. The minimum absolute atomic E-state index is 0.312. The van der Waals surface area contributed by atoms with Gasteiger partial charge < -0.3 is 14.8 Å². The summed E-state index contributed by atoms with van der Waals surface area (Å²) in [4.78, 5) is 0. The zero-order valence-electron chi connectivity index (χ0n) is 11.7. The van der Waals surface area contributed by atoms with Crippen molar-refractivity contribution in [2.75, 3.05) is 26.3 Å². The van der Waals surface area contributed by atoms with Gasteiger partial charge in [0.1, 0.15) is 0 Å². The van der Waals surface area contributed by atoms with Gasteiger partial charge in [-0.1, -0.05) is 20.8 Å². The lowest BCUT2D eigenvalue weighted by Gasteiger charge is -2.27. The van der Waals surface area contributed by atoms with Gasteiger partial charge in [-0.25, -0.2) is 0 Å². The molecule has 1 rings (SSSR count). The quantitative estimate of drug-likeness (QED) is 0.665. The molecular formula is C14H29NO2. The minimum atomic E-state index is 0.312. The smallest absolute Gasteiger partial charge is 0.0808 e. The average Bonchev–Trinajstić information content (AvgIpc) is 2.34. The van der Waals surface area contributed by atoms with Crippen LogP contribution in [0.3, 0.4) is 0 Å². The fourth-order valence-corrected chi connectivity index (χ4v) is 2.08. The summed E-state index contributed by atoms with van der Waals surface area (Å²) in [6, 6.07) is 0. The van der Waals surface area contributed by atoms with Crippen LogP contribution in [0.4, 0.5) is 0 Å². The van der Waals surface area contributed by atoms with Gasteiger partial charge in [0.2, 0.25) is 0 Å². The van der Waals surface area contributed by atoms with Crippen LogP contribution in [-0.4, -0.2) is 38.5 Å². The van der Waals surface area contributed by atoms with Crippen molar-refractivity contribution in [1.29, 1.82) is 0 Å². The largest absolute Gasteiger partial charge is 0.376 e. The zero-order valence-corrected chi connectivity index (χ0v) is 11.7. The molecule has 1 heterocycles. The van der Waals surface area contributed by atoms with Crippen molar-refractivity contribution in [3.05, 3.63) is 0 Å². The van der Waals surface area contributed by atoms with Gasteiger partial charge in [0.25, 0.3) is 0 Å². The Balaban J connectivity index is 2.18. The first-order valence-corrected chi connectivity index (χ1v) is 7.18. The van der Waals surface area contributed by atoms with Gasteiger partial charge in [-0.05, 0) is 38.1 Å². The summed E-state index contributed by atoms with van der Waals surface area (Å²) in [7, 11) is 0. The second kappa shape index (κ2) is 8.90. The van der Waals surface area contributed by atoms with Gasteiger partial charge in [-0.2, -0.15) is 0 Å². The minimum Gasteiger partial charge on any atom is -0.376 e. The molecule has 0 bridgehead atoms. The van der Waals surface area contributed by atoms with Crippen LogP contribution in [0.15, 0.2) is 0 Å². The van der Waals surface area contributed by atoms with E-state index in [-0.39, 0.29) is 0 Å². The SMILES string of the molecule is CCCNCC(OCC1CCCCO1)C(C)C. The maximum absolute atomic E-state index is 6.00. The summed E-state index contributed by atoms with van der Waals surface area (Å²) in [5, 5.41) is 3.44. The van der Waals surface area contributed by atoms with Crippen LogP contribution in [0, 0.1) is 5.92 Å². The second-order valence-corrected chi connectivity index (χ2v) is 5.31. The predicted molar refractivity (Wildman–Crippen MR) is 71.3 cm³/mol. The maximum atomic E-state index is 6.00. The Morgan fingerprint density at radius 3 is 2.76 bits per heavy atom. The lowest BCUT2D eigenvalue weighted by Crippen LogP contribution is -2.36. The van der Waals surface area contributed by atoms with Gasteiger partial charge in [-0.3, -0.25) is 0 Å². The highest BCUT2D eigenvalue weighted by molar-refractivity contribution is 4.69. The summed E-state index contributed by atoms with van der Waals surface area (Å²) in [5.74, 6) is 0.558. The highest BCUT2D eigenvalue weighted by atomic mass is 16.5. The molecule has 0 aromatic heterocycles. The predicted octanol–water partition coefficient (Wildman–Crippen LogP) is 2.60. The Labute approximate surface area is 106 Å². The first kappa shape index (κ1) is 14.9. The van der Waals surface area contributed by atoms with Crippen molar-refractivity contribution in [2.45, 2.75) is 58.7 Å². The van der Waals surface area contributed by atoms with Gasteiger partial charge in [0.15, 0.2) is 0 Å². The fourth-order valence-electron chi connectivity index (χ4n) is 2.08. The van der Waals surface area contributed by atoms with Crippen molar-refractivity contribution < 1.29 is 9.47 Å². The molecule has 17 heavy (non-hydrogen) atoms. The molecule has 1 N–H and O–H groups in total. The molecule has 3 nitrogen and oxygen atoms in total. The Bertz CT molecular complexity index is 179. The second-order valence-electron chi connectivity index (χ2n) is 5.31. The van der Waals surface area contributed by atoms with Crippen molar-refractivity contribution in [1.82, 2.24) is 5.32 Å². The van der Waals surface area contributed by atoms with Crippen LogP contribution in [0.1, 0.15) is 46.5 Å². The molecule has 0 spiro atoms. The van der Waals surface area contributed by atoms with Crippen molar-refractivity contribution in [3.63, 3.8) is 0 Å². The summed E-state index contributed by atoms with van der Waals surface area (Å²) >= 11 is 0. The molecule has 1 aliphatic rings. The molecular weight excluding hydrogens is 214 g/mol. The summed E-state index contributed by atoms with van der Waals surface area (Å²) < 4.78 is 11.7. The van der Waals surface area contributed by atoms with E-state index in [0.717, 1.165) is 32.7 Å². The van der Waals surface area contributed by atoms with Crippen LogP contribution >= 0.6 is 0 Å². The molecule has 1 aliphatic heterocycles. The zero-order chi connectivity index (χ0) is 12.5. The van der Waals surface area contributed by atoms with Gasteiger partial charge >= 0.3 is 0 Å². The maximum Gasteiger partial charge on any atom is 0.0808 e. The summed E-state index contributed by atoms with van der Waals surface area (Å²) in [6.07, 6.45) is 5.48. The Kier molecular flexibility index (Phi) is 7.82. The van der Waals surface area contributed by atoms with E-state index in [4.69, 9.17) is 9.47 Å². The molecule has 3 heteroatoms. The molecule has 0 saturated carbocycles. The van der Waals surface area contributed by atoms with E-state index in [1.807, 2.05) is 0 Å². The standard InChI is InChI=1S/C14H29NO2/c1-4-8-15-10-14(12(2)3)17-11-13-7-5-6-9-16-13/h12-15H,4-11H2,1-3H3. The lowest BCUT2D eigenvalue weighted by molar-refractivity contribution is -0.0720. The first-order chi connectivity index (χ1) is 8.24. The van der Waals surface area contributed by atoms with Crippen molar-refractivity contribution >= 4 is 0 Å². The Morgan fingerprint density at radius 1 is 1.35 bits per heavy atom. The van der Waals surface area contributed by atoms with E-state index in [1.54, 1.807) is 0 Å². The van der Waals surface area contributed by atoms with Gasteiger partial charge in [0, 0.05) is 13.2 Å². The molecule has 2 atom stereocenters. The van der Waals surface area contributed by atoms with Crippen LogP contribution < -0.4 is 5.32 Å². The number of ether oxygens (including phenoxy) is 2. The topological polar surface area (TPSA) is 30.5 Å². The van der Waals surface area contributed by atoms with E-state index in [9.17, 15) is 0 Å². The Hall–Kier alpha value is -0.120. The lowest BCUT2D eigenvalue weighted by atomic mass is 10.1. The molecule has 1 fully saturated rings. The van der Waals surface area contributed by atoms with Gasteiger partial charge in [-0.15, -0.1) is 0 Å². The molecule has 0 amide bonds. The van der Waals surface area contributed by atoms with E-state index < -0.39 is 0 Å². The average molecular weight is 243 g/mol. The Morgan fingerprint density at radius 2 is 2.18 bits per heavy atom. The molecule has 0 aliphatic carbocycles. The highest BCUT2D eigenvalue weighted by Gasteiger charge is 2.18. The molecule has 102 valence electrons. The molecule has 0 aromatic rings. The number of nitrogens with one attached hydrogen (secondary N) is 1. The van der Waals surface area contributed by atoms with Crippen LogP contribution in [-0.2, 0) is 9.47 Å². The molecule has 1 saturated heterocycles. The third-order valence-electron chi connectivity index (χ3n) is 3.29. The van der Waals surface area contributed by atoms with Crippen molar-refractivity contribution in [3.8, 4) is 0 Å². The van der Waals surface area contributed by atoms with Crippen LogP contribution in [0.2, 0.25) is 0 Å². The first-order valence-electron chi connectivity index (χ1n) is 7.18. The summed E-state index contributed by atoms with van der Waals surface area (Å²) in [6.45, 7) is 10.3. The molecule has 0 radical (unpaired) electrons. The van der Waals surface area contributed by atoms with Crippen LogP contribution in [0.25, 0.3) is 0 Å². The van der Waals surface area contributed by atoms with E-state index in [2.05, 4.69) is 26.1 Å². The summed E-state index contributed by atoms with van der Waals surface area (Å²) in [5.41, 5.74) is 0. The van der Waals surface area contributed by atoms with Crippen LogP contribution in [0.5, 0.6) is 0 Å². The normalized spacial score (nSPS) is 22.9. The third kappa shape index (κ3) is 6.39. The molecule has 2 unspecified atom stereocenters.